The van der Waals surface area contributed by atoms with Gasteiger partial charge in [-0.1, -0.05) is 48.5 Å². The third-order valence-electron chi connectivity index (χ3n) is 10.5. The highest BCUT2D eigenvalue weighted by Gasteiger charge is 2.48. The number of allylic oxidation sites excluding steroid dienone is 1. The second-order valence-corrected chi connectivity index (χ2v) is 15.0. The molecule has 2 aliphatic heterocycles. The monoisotopic (exact) mass is 661 g/mol. The van der Waals surface area contributed by atoms with Gasteiger partial charge in [-0.2, -0.15) is 0 Å². The molecular formula is C36H59N3O8. The molecule has 1 aromatic rings. The van der Waals surface area contributed by atoms with Crippen LogP contribution in [0.25, 0.3) is 0 Å². The van der Waals surface area contributed by atoms with Gasteiger partial charge in [0.05, 0.1) is 18.1 Å². The Morgan fingerprint density at radius 3 is 2.32 bits per heavy atom. The van der Waals surface area contributed by atoms with Gasteiger partial charge in [0, 0.05) is 31.5 Å². The average molecular weight is 662 g/mol. The topological polar surface area (TPSA) is 118 Å². The molecule has 0 amide bonds. The summed E-state index contributed by atoms with van der Waals surface area (Å²) in [4.78, 5) is 47.1. The number of ether oxygens (including phenoxy) is 5. The number of hydrogen-bond donors (Lipinski definition) is 0. The van der Waals surface area contributed by atoms with Crippen molar-refractivity contribution in [1.82, 2.24) is 14.5 Å². The Balaban J connectivity index is 2.07. The van der Waals surface area contributed by atoms with Gasteiger partial charge in [0.15, 0.2) is 17.7 Å². The molecular weight excluding hydrogens is 602 g/mol. The van der Waals surface area contributed by atoms with E-state index in [0.717, 1.165) is 6.42 Å². The molecule has 11 atom stereocenters. The summed E-state index contributed by atoms with van der Waals surface area (Å²) < 4.78 is 32.7. The van der Waals surface area contributed by atoms with Crippen molar-refractivity contribution in [2.24, 2.45) is 29.1 Å². The summed E-state index contributed by atoms with van der Waals surface area (Å²) in [7, 11) is 5.75. The highest BCUT2D eigenvalue weighted by Crippen LogP contribution is 2.43. The number of likely N-dealkylation sites (N-methyl/N-ethyl adjacent to an activating group) is 1. The number of ketones is 1. The van der Waals surface area contributed by atoms with Crippen LogP contribution >= 0.6 is 0 Å². The lowest BCUT2D eigenvalue weighted by molar-refractivity contribution is -0.293. The molecule has 0 aliphatic carbocycles. The maximum absolute atomic E-state index is 14.0. The molecule has 11 nitrogen and oxygen atoms in total. The number of rotatable bonds is 6. The standard InChI is InChI=1S/C36H59N3O8/c1-14-28-36(10,47-34(42)39-16-15-37-20-39)19-22(3)29(40)21(2)18-35(8,9)31(25(6)24(5)26(7)32(41)45-28)46-33-30(43-13)27(38(11)12)17-23(4)44-33/h15-16,19-21,23-28,30-31,33H,14,17-18H2,1-13H3/b22-19+/t21?,23?,24-,25?,26?,27?,28+,30?,31?,33?,36?/m0/s1. The third-order valence-corrected chi connectivity index (χ3v) is 10.5. The number of methoxy groups -OCH3 is 1. The summed E-state index contributed by atoms with van der Waals surface area (Å²) >= 11 is 0. The smallest absolute Gasteiger partial charge is 0.420 e. The number of Topliss-reactive ketones (excluding diaryl/α,β-unsaturated/α-hetero) is 1. The lowest BCUT2D eigenvalue weighted by Gasteiger charge is -2.48. The molecule has 1 saturated heterocycles. The maximum atomic E-state index is 14.0. The van der Waals surface area contributed by atoms with Crippen molar-refractivity contribution >= 4 is 17.8 Å². The van der Waals surface area contributed by atoms with E-state index >= 15 is 0 Å². The second-order valence-electron chi connectivity index (χ2n) is 15.0. The van der Waals surface area contributed by atoms with Crippen LogP contribution in [0.3, 0.4) is 0 Å². The summed E-state index contributed by atoms with van der Waals surface area (Å²) in [6.45, 7) is 19.4. The first-order chi connectivity index (χ1) is 21.9. The van der Waals surface area contributed by atoms with Crippen LogP contribution in [0.4, 0.5) is 4.79 Å². The van der Waals surface area contributed by atoms with E-state index in [1.54, 1.807) is 27.0 Å². The zero-order chi connectivity index (χ0) is 35.4. The minimum atomic E-state index is -1.42. The maximum Gasteiger partial charge on any atom is 0.420 e. The summed E-state index contributed by atoms with van der Waals surface area (Å²) in [6.07, 6.45) is 4.65. The first-order valence-electron chi connectivity index (χ1n) is 17.0. The molecule has 1 aromatic heterocycles. The average Bonchev–Trinajstić information content (AvgIpc) is 3.55. The Bertz CT molecular complexity index is 1250. The van der Waals surface area contributed by atoms with Crippen LogP contribution in [-0.2, 0) is 33.3 Å². The normalized spacial score (nSPS) is 38.6. The first-order valence-corrected chi connectivity index (χ1v) is 17.0. The van der Waals surface area contributed by atoms with Crippen LogP contribution in [0.15, 0.2) is 30.4 Å². The van der Waals surface area contributed by atoms with E-state index in [9.17, 15) is 14.4 Å². The molecule has 0 radical (unpaired) electrons. The molecule has 3 heterocycles. The van der Waals surface area contributed by atoms with Crippen molar-refractivity contribution < 1.29 is 38.1 Å². The molecule has 0 bridgehead atoms. The van der Waals surface area contributed by atoms with Crippen LogP contribution < -0.4 is 0 Å². The van der Waals surface area contributed by atoms with Crippen LogP contribution in [0, 0.1) is 29.1 Å². The van der Waals surface area contributed by atoms with Gasteiger partial charge in [0.25, 0.3) is 0 Å². The molecule has 2 aliphatic rings. The van der Waals surface area contributed by atoms with Gasteiger partial charge < -0.3 is 28.6 Å². The molecule has 3 rings (SSSR count). The minimum Gasteiger partial charge on any atom is -0.458 e. The highest BCUT2D eigenvalue weighted by molar-refractivity contribution is 5.96. The molecule has 11 heteroatoms. The number of hydrogen-bond acceptors (Lipinski definition) is 10. The van der Waals surface area contributed by atoms with E-state index in [0.29, 0.717) is 18.4 Å². The van der Waals surface area contributed by atoms with Gasteiger partial charge in [-0.3, -0.25) is 9.59 Å². The van der Waals surface area contributed by atoms with E-state index < -0.39 is 47.5 Å². The summed E-state index contributed by atoms with van der Waals surface area (Å²) in [5.41, 5.74) is -1.51. The quantitative estimate of drug-likeness (QED) is 0.341. The van der Waals surface area contributed by atoms with Crippen LogP contribution in [0.2, 0.25) is 0 Å². The first kappa shape index (κ1) is 38.8. The van der Waals surface area contributed by atoms with Gasteiger partial charge in [-0.25, -0.2) is 14.3 Å². The number of cyclic esters (lactones) is 1. The van der Waals surface area contributed by atoms with Crippen molar-refractivity contribution in [1.29, 1.82) is 0 Å². The predicted octanol–water partition coefficient (Wildman–Crippen LogP) is 5.90. The molecule has 0 saturated carbocycles. The molecule has 1 fully saturated rings. The SMILES string of the molecule is CC[C@H]1OC(=O)C(C)[C@@H](C)C(C)C(OC2OC(C)CC(N(C)C)C2OC)C(C)(C)CC(C)C(=O)/C(C)=C/C1(C)OC(=O)n1ccnc1. The Morgan fingerprint density at radius 1 is 1.11 bits per heavy atom. The number of aromatic nitrogens is 2. The fourth-order valence-electron chi connectivity index (χ4n) is 7.55. The highest BCUT2D eigenvalue weighted by atomic mass is 16.7. The van der Waals surface area contributed by atoms with Crippen molar-refractivity contribution in [2.45, 2.75) is 131 Å². The minimum absolute atomic E-state index is 0.0431. The number of imidazole rings is 1. The van der Waals surface area contributed by atoms with Crippen molar-refractivity contribution in [2.75, 3.05) is 21.2 Å². The zero-order valence-corrected chi connectivity index (χ0v) is 30.8. The molecule has 0 aromatic carbocycles. The second kappa shape index (κ2) is 15.7. The van der Waals surface area contributed by atoms with E-state index in [1.165, 1.54) is 23.3 Å². The van der Waals surface area contributed by atoms with E-state index in [-0.39, 0.29) is 41.8 Å². The lowest BCUT2D eigenvalue weighted by atomic mass is 9.68. The molecule has 0 N–H and O–H groups in total. The number of carbonyl (C=O) groups excluding carboxylic acids is 3. The van der Waals surface area contributed by atoms with Crippen LogP contribution in [0.5, 0.6) is 0 Å². The van der Waals surface area contributed by atoms with Gasteiger partial charge >= 0.3 is 12.1 Å². The third kappa shape index (κ3) is 8.90. The van der Waals surface area contributed by atoms with Gasteiger partial charge in [-0.15, -0.1) is 0 Å². The molecule has 9 unspecified atom stereocenters. The Morgan fingerprint density at radius 2 is 1.77 bits per heavy atom. The van der Waals surface area contributed by atoms with Crippen molar-refractivity contribution in [3.05, 3.63) is 30.4 Å². The summed E-state index contributed by atoms with van der Waals surface area (Å²) in [5, 5.41) is 0. The summed E-state index contributed by atoms with van der Waals surface area (Å²) in [6, 6.07) is 0.0912. The van der Waals surface area contributed by atoms with E-state index in [4.69, 9.17) is 23.7 Å². The van der Waals surface area contributed by atoms with E-state index in [1.807, 2.05) is 48.7 Å². The van der Waals surface area contributed by atoms with Gasteiger partial charge in [0.1, 0.15) is 18.5 Å². The molecule has 47 heavy (non-hydrogen) atoms. The largest absolute Gasteiger partial charge is 0.458 e. The predicted molar refractivity (Wildman–Crippen MR) is 179 cm³/mol. The number of carbonyl (C=O) groups is 3. The summed E-state index contributed by atoms with van der Waals surface area (Å²) in [5.74, 6) is -1.71. The number of nitrogens with zero attached hydrogens (tertiary/aromatic N) is 3. The molecule has 0 spiro atoms. The fourth-order valence-corrected chi connectivity index (χ4v) is 7.55. The Hall–Kier alpha value is -2.60. The van der Waals surface area contributed by atoms with Gasteiger partial charge in [0.2, 0.25) is 0 Å². The Labute approximate surface area is 281 Å². The Kier molecular flexibility index (Phi) is 13.0. The fraction of sp³-hybridized carbons (Fsp3) is 0.778. The van der Waals surface area contributed by atoms with Crippen molar-refractivity contribution in [3.8, 4) is 0 Å². The number of esters is 1. The van der Waals surface area contributed by atoms with Gasteiger partial charge in [-0.05, 0) is 83.0 Å². The zero-order valence-electron chi connectivity index (χ0n) is 30.8. The van der Waals surface area contributed by atoms with Crippen molar-refractivity contribution in [3.63, 3.8) is 0 Å². The lowest BCUT2D eigenvalue weighted by Crippen LogP contribution is -2.57. The van der Waals surface area contributed by atoms with Crippen LogP contribution in [-0.4, -0.2) is 95.9 Å². The molecule has 266 valence electrons. The van der Waals surface area contributed by atoms with E-state index in [2.05, 4.69) is 30.7 Å². The van der Waals surface area contributed by atoms with Crippen LogP contribution in [0.1, 0.15) is 88.5 Å².